The molecule has 1 N–H and O–H groups in total. The van der Waals surface area contributed by atoms with Crippen molar-refractivity contribution in [3.8, 4) is 6.07 Å². The average Bonchev–Trinajstić information content (AvgIpc) is 2.55. The number of nitriles is 1. The minimum atomic E-state index is -0.345. The summed E-state index contributed by atoms with van der Waals surface area (Å²) < 4.78 is 0. The molecule has 0 saturated carbocycles. The summed E-state index contributed by atoms with van der Waals surface area (Å²) in [5.74, 6) is -0.0998. The summed E-state index contributed by atoms with van der Waals surface area (Å²) >= 11 is 1.32. The lowest BCUT2D eigenvalue weighted by molar-refractivity contribution is -0.115. The van der Waals surface area contributed by atoms with Gasteiger partial charge in [-0.2, -0.15) is 5.26 Å². The molecule has 0 aliphatic carbocycles. The van der Waals surface area contributed by atoms with Crippen molar-refractivity contribution < 1.29 is 4.79 Å². The molecular weight excluding hydrogens is 318 g/mol. The number of amides is 1. The first-order chi connectivity index (χ1) is 11.5. The van der Waals surface area contributed by atoms with E-state index in [4.69, 9.17) is 0 Å². The highest BCUT2D eigenvalue weighted by molar-refractivity contribution is 8.00. The Morgan fingerprint density at radius 3 is 2.83 bits per heavy atom. The second-order valence-electron chi connectivity index (χ2n) is 5.64. The summed E-state index contributed by atoms with van der Waals surface area (Å²) in [5, 5.41) is 12.4. The molecule has 1 atom stereocenters. The zero-order valence-corrected chi connectivity index (χ0v) is 15.0. The van der Waals surface area contributed by atoms with Crippen molar-refractivity contribution in [1.82, 2.24) is 4.98 Å². The maximum atomic E-state index is 12.4. The third kappa shape index (κ3) is 4.84. The average molecular weight is 339 g/mol. The molecule has 5 heteroatoms. The molecule has 2 rings (SSSR count). The molecule has 0 fully saturated rings. The summed E-state index contributed by atoms with van der Waals surface area (Å²) in [6, 6.07) is 13.5. The lowest BCUT2D eigenvalue weighted by Gasteiger charge is -2.13. The number of nitrogens with one attached hydrogen (secondary N) is 1. The topological polar surface area (TPSA) is 65.8 Å². The zero-order valence-electron chi connectivity index (χ0n) is 14.2. The van der Waals surface area contributed by atoms with Crippen molar-refractivity contribution in [2.75, 3.05) is 5.32 Å². The van der Waals surface area contributed by atoms with Gasteiger partial charge in [-0.1, -0.05) is 37.2 Å². The van der Waals surface area contributed by atoms with Crippen molar-refractivity contribution in [3.05, 3.63) is 53.2 Å². The highest BCUT2D eigenvalue weighted by atomic mass is 32.2. The molecular formula is C19H21N3OS. The van der Waals surface area contributed by atoms with E-state index in [0.717, 1.165) is 29.8 Å². The molecule has 0 aliphatic heterocycles. The van der Waals surface area contributed by atoms with Gasteiger partial charge in [0.1, 0.15) is 11.1 Å². The van der Waals surface area contributed by atoms with Crippen LogP contribution in [-0.4, -0.2) is 16.1 Å². The Morgan fingerprint density at radius 2 is 2.17 bits per heavy atom. The Kier molecular flexibility index (Phi) is 6.39. The fourth-order valence-corrected chi connectivity index (χ4v) is 3.15. The van der Waals surface area contributed by atoms with Crippen LogP contribution in [0.25, 0.3) is 0 Å². The number of aromatic nitrogens is 1. The maximum Gasteiger partial charge on any atom is 0.237 e. The van der Waals surface area contributed by atoms with Gasteiger partial charge in [0, 0.05) is 11.4 Å². The molecule has 1 amide bonds. The van der Waals surface area contributed by atoms with Gasteiger partial charge in [0.15, 0.2) is 0 Å². The molecule has 0 saturated heterocycles. The summed E-state index contributed by atoms with van der Waals surface area (Å²) in [7, 11) is 0. The predicted octanol–water partition coefficient (Wildman–Crippen LogP) is 4.33. The number of carbonyl (C=O) groups excluding carboxylic acids is 1. The summed E-state index contributed by atoms with van der Waals surface area (Å²) in [4.78, 5) is 16.9. The van der Waals surface area contributed by atoms with Crippen LogP contribution >= 0.6 is 11.8 Å². The van der Waals surface area contributed by atoms with E-state index >= 15 is 0 Å². The number of nitrogens with zero attached hydrogens (tertiary/aromatic N) is 2. The van der Waals surface area contributed by atoms with Gasteiger partial charge in [-0.15, -0.1) is 0 Å². The van der Waals surface area contributed by atoms with Crippen LogP contribution < -0.4 is 5.32 Å². The molecule has 1 aromatic heterocycles. The van der Waals surface area contributed by atoms with E-state index in [1.165, 1.54) is 11.8 Å². The minimum Gasteiger partial charge on any atom is -0.325 e. The molecule has 4 nitrogen and oxygen atoms in total. The first-order valence-corrected chi connectivity index (χ1v) is 8.85. The number of benzene rings is 1. The lowest BCUT2D eigenvalue weighted by atomic mass is 10.2. The van der Waals surface area contributed by atoms with Crippen molar-refractivity contribution >= 4 is 23.4 Å². The first kappa shape index (κ1) is 18.0. The van der Waals surface area contributed by atoms with Gasteiger partial charge in [0.05, 0.1) is 10.8 Å². The predicted molar refractivity (Wildman–Crippen MR) is 98.1 cm³/mol. The van der Waals surface area contributed by atoms with Crippen molar-refractivity contribution in [1.29, 1.82) is 5.26 Å². The summed E-state index contributed by atoms with van der Waals surface area (Å²) in [6.07, 6.45) is 1.86. The Hall–Kier alpha value is -2.32. The fourth-order valence-electron chi connectivity index (χ4n) is 2.24. The van der Waals surface area contributed by atoms with Gasteiger partial charge in [0.2, 0.25) is 5.91 Å². The van der Waals surface area contributed by atoms with E-state index in [1.807, 2.05) is 44.2 Å². The van der Waals surface area contributed by atoms with Crippen LogP contribution in [0.2, 0.25) is 0 Å². The largest absolute Gasteiger partial charge is 0.325 e. The van der Waals surface area contributed by atoms with Crippen molar-refractivity contribution in [3.63, 3.8) is 0 Å². The van der Waals surface area contributed by atoms with E-state index in [9.17, 15) is 10.1 Å². The van der Waals surface area contributed by atoms with Gasteiger partial charge in [-0.25, -0.2) is 4.98 Å². The molecule has 24 heavy (non-hydrogen) atoms. The molecule has 0 radical (unpaired) electrons. The monoisotopic (exact) mass is 339 g/mol. The van der Waals surface area contributed by atoms with Crippen LogP contribution in [0.5, 0.6) is 0 Å². The van der Waals surface area contributed by atoms with Crippen LogP contribution in [0.4, 0.5) is 5.69 Å². The van der Waals surface area contributed by atoms with Crippen LogP contribution in [0, 0.1) is 18.3 Å². The number of aryl methyl sites for hydroxylation is 2. The summed E-state index contributed by atoms with van der Waals surface area (Å²) in [6.45, 7) is 5.89. The standard InChI is InChI=1S/C19H21N3OS/c1-4-6-16-10-9-15(12-20)19(22-16)24-14(3)18(23)21-17-8-5-7-13(2)11-17/h5,7-11,14H,4,6H2,1-3H3,(H,21,23). The van der Waals surface area contributed by atoms with E-state index in [2.05, 4.69) is 23.3 Å². The van der Waals surface area contributed by atoms with Crippen LogP contribution in [0.1, 0.15) is 37.1 Å². The highest BCUT2D eigenvalue weighted by Crippen LogP contribution is 2.26. The first-order valence-electron chi connectivity index (χ1n) is 7.97. The molecule has 1 unspecified atom stereocenters. The molecule has 0 aliphatic rings. The molecule has 1 heterocycles. The maximum absolute atomic E-state index is 12.4. The number of hydrogen-bond donors (Lipinski definition) is 1. The molecule has 124 valence electrons. The third-order valence-electron chi connectivity index (χ3n) is 3.49. The quantitative estimate of drug-likeness (QED) is 0.795. The molecule has 1 aromatic carbocycles. The van der Waals surface area contributed by atoms with Crippen molar-refractivity contribution in [2.45, 2.75) is 43.9 Å². The molecule has 2 aromatic rings. The van der Waals surface area contributed by atoms with Crippen LogP contribution in [-0.2, 0) is 11.2 Å². The Morgan fingerprint density at radius 1 is 1.38 bits per heavy atom. The number of hydrogen-bond acceptors (Lipinski definition) is 4. The molecule has 0 bridgehead atoms. The van der Waals surface area contributed by atoms with Gasteiger partial charge >= 0.3 is 0 Å². The van der Waals surface area contributed by atoms with Gasteiger partial charge in [0.25, 0.3) is 0 Å². The third-order valence-corrected chi connectivity index (χ3v) is 4.59. The zero-order chi connectivity index (χ0) is 17.5. The van der Waals surface area contributed by atoms with Crippen LogP contribution in [0.15, 0.2) is 41.4 Å². The number of pyridine rings is 1. The van der Waals surface area contributed by atoms with Gasteiger partial charge < -0.3 is 5.32 Å². The highest BCUT2D eigenvalue weighted by Gasteiger charge is 2.18. The second-order valence-corrected chi connectivity index (χ2v) is 6.97. The Balaban J connectivity index is 2.10. The number of carbonyl (C=O) groups is 1. The SMILES string of the molecule is CCCc1ccc(C#N)c(SC(C)C(=O)Nc2cccc(C)c2)n1. The lowest BCUT2D eigenvalue weighted by Crippen LogP contribution is -2.22. The van der Waals surface area contributed by atoms with Gasteiger partial charge in [-0.3, -0.25) is 4.79 Å². The van der Waals surface area contributed by atoms with E-state index in [-0.39, 0.29) is 11.2 Å². The minimum absolute atomic E-state index is 0.0998. The Labute approximate surface area is 147 Å². The normalized spacial score (nSPS) is 11.6. The smallest absolute Gasteiger partial charge is 0.237 e. The van der Waals surface area contributed by atoms with E-state index < -0.39 is 0 Å². The molecule has 0 spiro atoms. The summed E-state index contributed by atoms with van der Waals surface area (Å²) in [5.41, 5.74) is 3.33. The van der Waals surface area contributed by atoms with Crippen molar-refractivity contribution in [2.24, 2.45) is 0 Å². The Bertz CT molecular complexity index is 767. The number of anilines is 1. The second kappa shape index (κ2) is 8.51. The van der Waals surface area contributed by atoms with Crippen LogP contribution in [0.3, 0.4) is 0 Å². The number of thioether (sulfide) groups is 1. The van der Waals surface area contributed by atoms with E-state index in [1.54, 1.807) is 6.07 Å². The number of rotatable bonds is 6. The fraction of sp³-hybridized carbons (Fsp3) is 0.316. The van der Waals surface area contributed by atoms with E-state index in [0.29, 0.717) is 10.6 Å². The van der Waals surface area contributed by atoms with Gasteiger partial charge in [-0.05, 0) is 50.1 Å².